The van der Waals surface area contributed by atoms with Gasteiger partial charge >= 0.3 is 0 Å². The Kier molecular flexibility index (Phi) is 5.78. The van der Waals surface area contributed by atoms with Crippen LogP contribution in [0, 0.1) is 0 Å². The lowest BCUT2D eigenvalue weighted by Gasteiger charge is -2.33. The number of hydrogen-bond donors (Lipinski definition) is 1. The Morgan fingerprint density at radius 2 is 2.24 bits per heavy atom. The Hall–Kier alpha value is -2.25. The van der Waals surface area contributed by atoms with Crippen LogP contribution in [0.3, 0.4) is 0 Å². The van der Waals surface area contributed by atoms with Gasteiger partial charge in [-0.1, -0.05) is 37.3 Å². The van der Waals surface area contributed by atoms with Gasteiger partial charge in [-0.05, 0) is 12.0 Å². The van der Waals surface area contributed by atoms with Crippen molar-refractivity contribution in [3.63, 3.8) is 0 Å². The Balaban J connectivity index is 1.70. The highest BCUT2D eigenvalue weighted by Crippen LogP contribution is 2.24. The zero-order valence-electron chi connectivity index (χ0n) is 14.6. The lowest BCUT2D eigenvalue weighted by atomic mass is 10.1. The minimum atomic E-state index is -0.609. The second kappa shape index (κ2) is 8.22. The van der Waals surface area contributed by atoms with Gasteiger partial charge in [0.05, 0.1) is 13.2 Å². The standard InChI is InChI=1S/C18H24N4O3/c1-3-7-15-19-17(21-20-15)14-12-22(10-11-25-14)18(23)16(24-2)13-8-5-4-6-9-13/h4-6,8-9,14,16H,3,7,10-12H2,1-2H3,(H,19,20,21)/t14-,16+/m1/s1. The number of amides is 1. The van der Waals surface area contributed by atoms with Gasteiger partial charge in [0, 0.05) is 20.1 Å². The minimum absolute atomic E-state index is 0.0636. The predicted octanol–water partition coefficient (Wildman–Crippen LogP) is 2.04. The SMILES string of the molecule is CCCc1nc([C@H]2CN(C(=O)[C@@H](OC)c3ccccc3)CCO2)n[nH]1. The van der Waals surface area contributed by atoms with E-state index in [1.165, 1.54) is 0 Å². The lowest BCUT2D eigenvalue weighted by molar-refractivity contribution is -0.150. The summed E-state index contributed by atoms with van der Waals surface area (Å²) < 4.78 is 11.2. The molecule has 2 atom stereocenters. The fourth-order valence-electron chi connectivity index (χ4n) is 2.98. The molecular formula is C18H24N4O3. The average Bonchev–Trinajstić information content (AvgIpc) is 3.12. The zero-order valence-corrected chi connectivity index (χ0v) is 14.6. The minimum Gasteiger partial charge on any atom is -0.367 e. The zero-order chi connectivity index (χ0) is 17.6. The fourth-order valence-corrected chi connectivity index (χ4v) is 2.98. The molecule has 0 saturated carbocycles. The van der Waals surface area contributed by atoms with Gasteiger partial charge in [0.15, 0.2) is 11.9 Å². The summed E-state index contributed by atoms with van der Waals surface area (Å²) >= 11 is 0. The highest BCUT2D eigenvalue weighted by atomic mass is 16.5. The molecule has 1 aliphatic rings. The largest absolute Gasteiger partial charge is 0.367 e. The van der Waals surface area contributed by atoms with E-state index in [1.54, 1.807) is 12.0 Å². The molecule has 1 amide bonds. The van der Waals surface area contributed by atoms with Crippen LogP contribution in [-0.4, -0.2) is 52.8 Å². The first kappa shape index (κ1) is 17.6. The van der Waals surface area contributed by atoms with Gasteiger partial charge in [0.2, 0.25) is 0 Å². The Bertz CT molecular complexity index is 689. The van der Waals surface area contributed by atoms with E-state index >= 15 is 0 Å². The number of aromatic amines is 1. The van der Waals surface area contributed by atoms with Gasteiger partial charge in [0.1, 0.15) is 11.9 Å². The van der Waals surface area contributed by atoms with E-state index in [0.717, 1.165) is 24.2 Å². The summed E-state index contributed by atoms with van der Waals surface area (Å²) in [6.07, 6.45) is 0.926. The number of methoxy groups -OCH3 is 1. The number of aryl methyl sites for hydroxylation is 1. The maximum atomic E-state index is 12.9. The molecule has 0 aliphatic carbocycles. The first-order valence-corrected chi connectivity index (χ1v) is 8.62. The second-order valence-corrected chi connectivity index (χ2v) is 6.06. The van der Waals surface area contributed by atoms with E-state index in [1.807, 2.05) is 30.3 Å². The maximum absolute atomic E-state index is 12.9. The maximum Gasteiger partial charge on any atom is 0.256 e. The van der Waals surface area contributed by atoms with E-state index in [9.17, 15) is 4.79 Å². The molecule has 2 aromatic rings. The van der Waals surface area contributed by atoms with Crippen molar-refractivity contribution < 1.29 is 14.3 Å². The first-order chi connectivity index (χ1) is 12.2. The molecule has 1 N–H and O–H groups in total. The van der Waals surface area contributed by atoms with Gasteiger partial charge in [-0.3, -0.25) is 9.89 Å². The average molecular weight is 344 g/mol. The molecule has 1 fully saturated rings. The third-order valence-electron chi connectivity index (χ3n) is 4.26. The summed E-state index contributed by atoms with van der Waals surface area (Å²) in [5, 5.41) is 7.18. The predicted molar refractivity (Wildman–Crippen MR) is 91.8 cm³/mol. The molecule has 1 aromatic carbocycles. The molecule has 1 aliphatic heterocycles. The Labute approximate surface area is 147 Å². The van der Waals surface area contributed by atoms with E-state index in [4.69, 9.17) is 9.47 Å². The molecule has 134 valence electrons. The fraction of sp³-hybridized carbons (Fsp3) is 0.500. The molecule has 2 heterocycles. The number of hydrogen-bond acceptors (Lipinski definition) is 5. The van der Waals surface area contributed by atoms with Crippen molar-refractivity contribution in [1.82, 2.24) is 20.1 Å². The van der Waals surface area contributed by atoms with Gasteiger partial charge in [0.25, 0.3) is 5.91 Å². The van der Waals surface area contributed by atoms with Crippen LogP contribution in [-0.2, 0) is 20.7 Å². The number of ether oxygens (including phenoxy) is 2. The smallest absolute Gasteiger partial charge is 0.256 e. The van der Waals surface area contributed by atoms with Gasteiger partial charge in [-0.25, -0.2) is 4.98 Å². The highest BCUT2D eigenvalue weighted by Gasteiger charge is 2.32. The number of morpholine rings is 1. The molecule has 3 rings (SSSR count). The van der Waals surface area contributed by atoms with Crippen LogP contribution in [0.25, 0.3) is 0 Å². The van der Waals surface area contributed by atoms with Crippen LogP contribution in [0.5, 0.6) is 0 Å². The topological polar surface area (TPSA) is 80.3 Å². The summed E-state index contributed by atoms with van der Waals surface area (Å²) in [4.78, 5) is 19.2. The quantitative estimate of drug-likeness (QED) is 0.867. The normalized spacial score (nSPS) is 19.0. The van der Waals surface area contributed by atoms with Crippen LogP contribution in [0.4, 0.5) is 0 Å². The molecule has 7 nitrogen and oxygen atoms in total. The molecular weight excluding hydrogens is 320 g/mol. The molecule has 0 unspecified atom stereocenters. The number of carbonyl (C=O) groups is 1. The molecule has 1 saturated heterocycles. The van der Waals surface area contributed by atoms with E-state index in [2.05, 4.69) is 22.1 Å². The van der Waals surface area contributed by atoms with Crippen molar-refractivity contribution in [1.29, 1.82) is 0 Å². The van der Waals surface area contributed by atoms with Crippen LogP contribution in [0.2, 0.25) is 0 Å². The Morgan fingerprint density at radius 1 is 1.44 bits per heavy atom. The van der Waals surface area contributed by atoms with E-state index in [-0.39, 0.29) is 12.0 Å². The summed E-state index contributed by atoms with van der Waals surface area (Å²) in [5.74, 6) is 1.39. The number of rotatable bonds is 6. The third-order valence-corrected chi connectivity index (χ3v) is 4.26. The van der Waals surface area contributed by atoms with Crippen molar-refractivity contribution in [2.75, 3.05) is 26.8 Å². The molecule has 1 aromatic heterocycles. The molecule has 0 spiro atoms. The van der Waals surface area contributed by atoms with Crippen LogP contribution in [0.1, 0.15) is 42.8 Å². The number of aromatic nitrogens is 3. The highest BCUT2D eigenvalue weighted by molar-refractivity contribution is 5.82. The third kappa shape index (κ3) is 4.05. The van der Waals surface area contributed by atoms with Gasteiger partial charge in [-0.15, -0.1) is 0 Å². The number of nitrogens with zero attached hydrogens (tertiary/aromatic N) is 3. The summed E-state index contributed by atoms with van der Waals surface area (Å²) in [5.41, 5.74) is 0.848. The van der Waals surface area contributed by atoms with Crippen LogP contribution in [0.15, 0.2) is 30.3 Å². The first-order valence-electron chi connectivity index (χ1n) is 8.62. The van der Waals surface area contributed by atoms with E-state index in [0.29, 0.717) is 25.5 Å². The number of carbonyl (C=O) groups excluding carboxylic acids is 1. The summed E-state index contributed by atoms with van der Waals surface area (Å²) in [6.45, 7) is 3.51. The Morgan fingerprint density at radius 3 is 2.96 bits per heavy atom. The van der Waals surface area contributed by atoms with Crippen molar-refractivity contribution in [2.45, 2.75) is 32.0 Å². The number of nitrogens with one attached hydrogen (secondary N) is 1. The van der Waals surface area contributed by atoms with Gasteiger partial charge in [-0.2, -0.15) is 5.10 Å². The summed E-state index contributed by atoms with van der Waals surface area (Å²) in [6, 6.07) is 9.52. The van der Waals surface area contributed by atoms with Gasteiger partial charge < -0.3 is 14.4 Å². The molecule has 7 heteroatoms. The summed E-state index contributed by atoms with van der Waals surface area (Å²) in [7, 11) is 1.56. The molecule has 0 bridgehead atoms. The molecule has 0 radical (unpaired) electrons. The monoisotopic (exact) mass is 344 g/mol. The number of H-pyrrole nitrogens is 1. The van der Waals surface area contributed by atoms with Crippen LogP contribution >= 0.6 is 0 Å². The van der Waals surface area contributed by atoms with Crippen LogP contribution < -0.4 is 0 Å². The molecule has 25 heavy (non-hydrogen) atoms. The second-order valence-electron chi connectivity index (χ2n) is 6.06. The number of benzene rings is 1. The van der Waals surface area contributed by atoms with E-state index < -0.39 is 6.10 Å². The lowest BCUT2D eigenvalue weighted by Crippen LogP contribution is -2.45. The van der Waals surface area contributed by atoms with Crippen molar-refractivity contribution >= 4 is 5.91 Å². The van der Waals surface area contributed by atoms with Crippen molar-refractivity contribution in [3.8, 4) is 0 Å². The van der Waals surface area contributed by atoms with Crippen molar-refractivity contribution in [3.05, 3.63) is 47.5 Å². The van der Waals surface area contributed by atoms with Crippen molar-refractivity contribution in [2.24, 2.45) is 0 Å².